The summed E-state index contributed by atoms with van der Waals surface area (Å²) in [5.41, 5.74) is 1.80. The van der Waals surface area contributed by atoms with Crippen molar-refractivity contribution in [3.8, 4) is 0 Å². The Morgan fingerprint density at radius 2 is 1.95 bits per heavy atom. The molecule has 0 aliphatic carbocycles. The molecule has 1 N–H and O–H groups in total. The predicted molar refractivity (Wildman–Crippen MR) is 73.8 cm³/mol. The van der Waals surface area contributed by atoms with Gasteiger partial charge >= 0.3 is 0 Å². The standard InChI is InChI=1S/C12H10N2O3S2/c1-14-10-5-3-2-4-8(10)12(13-15)9-6-18-7-11(9)19(14,16)17/h2-7,15H,1H3. The lowest BCUT2D eigenvalue weighted by molar-refractivity contribution is 0.319. The average molecular weight is 294 g/mol. The van der Waals surface area contributed by atoms with Gasteiger partial charge in [-0.25, -0.2) is 8.42 Å². The Balaban J connectivity index is 2.46. The van der Waals surface area contributed by atoms with Crippen LogP contribution < -0.4 is 4.31 Å². The van der Waals surface area contributed by atoms with Gasteiger partial charge in [0.15, 0.2) is 0 Å². The summed E-state index contributed by atoms with van der Waals surface area (Å²) in [5, 5.41) is 15.8. The number of nitrogens with zero attached hydrogens (tertiary/aromatic N) is 2. The first kappa shape index (κ1) is 12.2. The van der Waals surface area contributed by atoms with Gasteiger partial charge in [-0.2, -0.15) is 11.3 Å². The molecule has 19 heavy (non-hydrogen) atoms. The summed E-state index contributed by atoms with van der Waals surface area (Å²) in [6, 6.07) is 6.96. The van der Waals surface area contributed by atoms with Crippen molar-refractivity contribution in [1.29, 1.82) is 0 Å². The van der Waals surface area contributed by atoms with Gasteiger partial charge in [-0.15, -0.1) is 0 Å². The number of rotatable bonds is 0. The number of thiophene rings is 1. The van der Waals surface area contributed by atoms with Gasteiger partial charge in [0.25, 0.3) is 10.0 Å². The number of hydrogen-bond acceptors (Lipinski definition) is 5. The normalized spacial score (nSPS) is 18.8. The van der Waals surface area contributed by atoms with Crippen LogP contribution in [0.1, 0.15) is 11.1 Å². The lowest BCUT2D eigenvalue weighted by atomic mass is 10.0. The number of oxime groups is 1. The Morgan fingerprint density at radius 3 is 2.68 bits per heavy atom. The Labute approximate surface area is 114 Å². The molecule has 1 aliphatic rings. The van der Waals surface area contributed by atoms with Crippen molar-refractivity contribution in [3.05, 3.63) is 46.2 Å². The summed E-state index contributed by atoms with van der Waals surface area (Å²) in [6.45, 7) is 0. The highest BCUT2D eigenvalue weighted by Crippen LogP contribution is 2.35. The second kappa shape index (κ2) is 4.07. The quantitative estimate of drug-likeness (QED) is 0.597. The van der Waals surface area contributed by atoms with E-state index < -0.39 is 10.0 Å². The third-order valence-electron chi connectivity index (χ3n) is 3.12. The van der Waals surface area contributed by atoms with E-state index in [2.05, 4.69) is 5.16 Å². The van der Waals surface area contributed by atoms with Gasteiger partial charge < -0.3 is 5.21 Å². The summed E-state index contributed by atoms with van der Waals surface area (Å²) in [7, 11) is -2.12. The van der Waals surface area contributed by atoms with E-state index >= 15 is 0 Å². The first-order valence-corrected chi connectivity index (χ1v) is 7.82. The average Bonchev–Trinajstić information content (AvgIpc) is 2.87. The van der Waals surface area contributed by atoms with E-state index in [0.29, 0.717) is 16.8 Å². The van der Waals surface area contributed by atoms with Crippen molar-refractivity contribution in [2.45, 2.75) is 4.90 Å². The van der Waals surface area contributed by atoms with Gasteiger partial charge in [-0.3, -0.25) is 4.31 Å². The zero-order chi connectivity index (χ0) is 13.6. The largest absolute Gasteiger partial charge is 0.410 e. The maximum absolute atomic E-state index is 12.5. The topological polar surface area (TPSA) is 70.0 Å². The summed E-state index contributed by atoms with van der Waals surface area (Å²) in [4.78, 5) is 0.170. The van der Waals surface area contributed by atoms with Crippen molar-refractivity contribution in [3.63, 3.8) is 0 Å². The molecule has 0 spiro atoms. The van der Waals surface area contributed by atoms with Crippen LogP contribution in [0, 0.1) is 0 Å². The summed E-state index contributed by atoms with van der Waals surface area (Å²) in [5.74, 6) is 0. The summed E-state index contributed by atoms with van der Waals surface area (Å²) >= 11 is 1.26. The smallest absolute Gasteiger partial charge is 0.265 e. The van der Waals surface area contributed by atoms with Crippen LogP contribution in [0.25, 0.3) is 0 Å². The molecule has 0 atom stereocenters. The monoisotopic (exact) mass is 294 g/mol. The van der Waals surface area contributed by atoms with Crippen molar-refractivity contribution in [2.75, 3.05) is 11.4 Å². The van der Waals surface area contributed by atoms with E-state index in [1.165, 1.54) is 22.7 Å². The number of anilines is 1. The maximum Gasteiger partial charge on any atom is 0.265 e. The highest BCUT2D eigenvalue weighted by atomic mass is 32.2. The van der Waals surface area contributed by atoms with Gasteiger partial charge in [-0.05, 0) is 6.07 Å². The first-order chi connectivity index (χ1) is 9.07. The van der Waals surface area contributed by atoms with Crippen LogP contribution in [0.15, 0.2) is 45.1 Å². The Kier molecular flexibility index (Phi) is 2.61. The van der Waals surface area contributed by atoms with Gasteiger partial charge in [0.2, 0.25) is 0 Å². The molecule has 5 nitrogen and oxygen atoms in total. The molecule has 0 saturated heterocycles. The zero-order valence-electron chi connectivity index (χ0n) is 9.94. The Bertz CT molecular complexity index is 778. The van der Waals surface area contributed by atoms with Gasteiger partial charge in [-0.1, -0.05) is 23.4 Å². The van der Waals surface area contributed by atoms with Crippen LogP contribution in [0.4, 0.5) is 5.69 Å². The molecule has 2 aromatic rings. The van der Waals surface area contributed by atoms with Crippen LogP contribution >= 0.6 is 11.3 Å². The molecule has 0 bridgehead atoms. The molecule has 7 heteroatoms. The molecule has 2 heterocycles. The Hall–Kier alpha value is -1.86. The Morgan fingerprint density at radius 1 is 1.21 bits per heavy atom. The van der Waals surface area contributed by atoms with Crippen molar-refractivity contribution < 1.29 is 13.6 Å². The van der Waals surface area contributed by atoms with Crippen LogP contribution in [0.2, 0.25) is 0 Å². The summed E-state index contributed by atoms with van der Waals surface area (Å²) in [6.07, 6.45) is 0. The van der Waals surface area contributed by atoms with Gasteiger partial charge in [0, 0.05) is 28.9 Å². The SMILES string of the molecule is CN1c2ccccc2C(=NO)c2cscc2S1(=O)=O. The zero-order valence-corrected chi connectivity index (χ0v) is 11.6. The highest BCUT2D eigenvalue weighted by Gasteiger charge is 2.33. The molecule has 0 amide bonds. The van der Waals surface area contributed by atoms with E-state index in [1.807, 2.05) is 0 Å². The van der Waals surface area contributed by atoms with Crippen molar-refractivity contribution >= 4 is 32.8 Å². The minimum Gasteiger partial charge on any atom is -0.410 e. The molecule has 1 aromatic heterocycles. The fourth-order valence-electron chi connectivity index (χ4n) is 2.14. The lowest BCUT2D eigenvalue weighted by Gasteiger charge is -2.18. The number of fused-ring (bicyclic) bond motifs is 2. The molecular weight excluding hydrogens is 284 g/mol. The molecule has 1 aromatic carbocycles. The van der Waals surface area contributed by atoms with Crippen molar-refractivity contribution in [1.82, 2.24) is 0 Å². The minimum atomic E-state index is -3.62. The molecule has 1 aliphatic heterocycles. The van der Waals surface area contributed by atoms with E-state index in [4.69, 9.17) is 0 Å². The highest BCUT2D eigenvalue weighted by molar-refractivity contribution is 7.93. The molecule has 0 radical (unpaired) electrons. The van der Waals surface area contributed by atoms with Crippen LogP contribution in [0.3, 0.4) is 0 Å². The van der Waals surface area contributed by atoms with E-state index in [1.54, 1.807) is 35.0 Å². The van der Waals surface area contributed by atoms with Gasteiger partial charge in [0.05, 0.1) is 5.69 Å². The van der Waals surface area contributed by atoms with E-state index in [9.17, 15) is 13.6 Å². The molecule has 0 unspecified atom stereocenters. The fourth-order valence-corrected chi connectivity index (χ4v) is 4.70. The predicted octanol–water partition coefficient (Wildman–Crippen LogP) is 2.11. The number of hydrogen-bond donors (Lipinski definition) is 1. The third-order valence-corrected chi connectivity index (χ3v) is 5.82. The van der Waals surface area contributed by atoms with Gasteiger partial charge in [0.1, 0.15) is 10.6 Å². The lowest BCUT2D eigenvalue weighted by Crippen LogP contribution is -2.26. The molecule has 0 fully saturated rings. The molecular formula is C12H10N2O3S2. The van der Waals surface area contributed by atoms with Crippen molar-refractivity contribution in [2.24, 2.45) is 5.16 Å². The molecule has 98 valence electrons. The van der Waals surface area contributed by atoms with Crippen LogP contribution in [0.5, 0.6) is 0 Å². The molecule has 0 saturated carbocycles. The number of para-hydroxylation sites is 1. The van der Waals surface area contributed by atoms with E-state index in [0.717, 1.165) is 0 Å². The third kappa shape index (κ3) is 1.58. The summed E-state index contributed by atoms with van der Waals surface area (Å²) < 4.78 is 26.2. The number of sulfonamides is 1. The fraction of sp³-hybridized carbons (Fsp3) is 0.0833. The second-order valence-electron chi connectivity index (χ2n) is 4.09. The second-order valence-corrected chi connectivity index (χ2v) is 6.77. The van der Waals surface area contributed by atoms with Crippen LogP contribution in [-0.4, -0.2) is 26.4 Å². The van der Waals surface area contributed by atoms with Crippen LogP contribution in [-0.2, 0) is 10.0 Å². The molecule has 3 rings (SSSR count). The maximum atomic E-state index is 12.5. The van der Waals surface area contributed by atoms with E-state index in [-0.39, 0.29) is 10.6 Å². The first-order valence-electron chi connectivity index (χ1n) is 5.44. The number of benzene rings is 1. The minimum absolute atomic E-state index is 0.170.